The van der Waals surface area contributed by atoms with Crippen molar-refractivity contribution in [2.75, 3.05) is 26.2 Å². The standard InChI is InChI=1S/C21H23F2N3O3S/c22-16-3-1-15(2-4-16)20(21(27)24-18-7-8-18)25-11-13-26(14-12-25)30(28,29)19-9-5-17(23)6-10-19/h1-6,9-10,18,20H,7-8,11-14H2,(H,24,27). The Kier molecular flexibility index (Phi) is 5.86. The molecule has 4 rings (SSSR count). The van der Waals surface area contributed by atoms with Crippen molar-refractivity contribution < 1.29 is 22.0 Å². The van der Waals surface area contributed by atoms with Gasteiger partial charge in [-0.3, -0.25) is 9.69 Å². The molecule has 0 bridgehead atoms. The molecule has 2 aliphatic rings. The maximum Gasteiger partial charge on any atom is 0.243 e. The largest absolute Gasteiger partial charge is 0.352 e. The van der Waals surface area contributed by atoms with Crippen LogP contribution in [0.2, 0.25) is 0 Å². The molecule has 1 atom stereocenters. The number of nitrogens with one attached hydrogen (secondary N) is 1. The number of carbonyl (C=O) groups is 1. The first-order valence-corrected chi connectivity index (χ1v) is 11.3. The smallest absolute Gasteiger partial charge is 0.243 e. The van der Waals surface area contributed by atoms with Gasteiger partial charge in [0.25, 0.3) is 0 Å². The zero-order chi connectivity index (χ0) is 21.3. The molecule has 1 heterocycles. The highest BCUT2D eigenvalue weighted by Crippen LogP contribution is 2.27. The normalized spacial score (nSPS) is 19.4. The Morgan fingerprint density at radius 1 is 0.900 bits per heavy atom. The van der Waals surface area contributed by atoms with Gasteiger partial charge in [-0.25, -0.2) is 17.2 Å². The summed E-state index contributed by atoms with van der Waals surface area (Å²) in [5.41, 5.74) is 0.671. The Morgan fingerprint density at radius 3 is 1.97 bits per heavy atom. The van der Waals surface area contributed by atoms with Crippen molar-refractivity contribution in [3.63, 3.8) is 0 Å². The van der Waals surface area contributed by atoms with Crippen LogP contribution in [0, 0.1) is 11.6 Å². The highest BCUT2D eigenvalue weighted by Gasteiger charge is 2.36. The molecular formula is C21H23F2N3O3S. The molecule has 1 aliphatic heterocycles. The third-order valence-electron chi connectivity index (χ3n) is 5.45. The fourth-order valence-corrected chi connectivity index (χ4v) is 5.06. The average molecular weight is 435 g/mol. The van der Waals surface area contributed by atoms with Crippen LogP contribution in [0.25, 0.3) is 0 Å². The molecule has 9 heteroatoms. The molecule has 1 N–H and O–H groups in total. The summed E-state index contributed by atoms with van der Waals surface area (Å²) in [5, 5.41) is 3.00. The van der Waals surface area contributed by atoms with Gasteiger partial charge in [-0.15, -0.1) is 0 Å². The molecule has 160 valence electrons. The Labute approximate surface area is 174 Å². The molecule has 2 aromatic carbocycles. The predicted molar refractivity (Wildman–Crippen MR) is 107 cm³/mol. The van der Waals surface area contributed by atoms with Crippen molar-refractivity contribution >= 4 is 15.9 Å². The first-order chi connectivity index (χ1) is 14.3. The molecular weight excluding hydrogens is 412 g/mol. The molecule has 1 unspecified atom stereocenters. The van der Waals surface area contributed by atoms with Gasteiger partial charge in [0.1, 0.15) is 17.7 Å². The molecule has 1 amide bonds. The first kappa shape index (κ1) is 20.9. The van der Waals surface area contributed by atoms with Gasteiger partial charge < -0.3 is 5.32 Å². The minimum absolute atomic E-state index is 0.0407. The van der Waals surface area contributed by atoms with Gasteiger partial charge in [-0.1, -0.05) is 12.1 Å². The minimum atomic E-state index is -3.74. The van der Waals surface area contributed by atoms with E-state index in [1.165, 1.54) is 28.6 Å². The summed E-state index contributed by atoms with van der Waals surface area (Å²) in [5.74, 6) is -1.03. The highest BCUT2D eigenvalue weighted by molar-refractivity contribution is 7.89. The molecule has 0 spiro atoms. The third kappa shape index (κ3) is 4.53. The number of rotatable bonds is 6. The van der Waals surface area contributed by atoms with Crippen LogP contribution in [0.5, 0.6) is 0 Å². The molecule has 0 radical (unpaired) electrons. The lowest BCUT2D eigenvalue weighted by atomic mass is 10.0. The van der Waals surface area contributed by atoms with Crippen LogP contribution in [0.4, 0.5) is 8.78 Å². The predicted octanol–water partition coefficient (Wildman–Crippen LogP) is 2.29. The summed E-state index contributed by atoms with van der Waals surface area (Å²) in [6, 6.07) is 10.1. The van der Waals surface area contributed by atoms with Gasteiger partial charge in [-0.2, -0.15) is 4.31 Å². The maximum atomic E-state index is 13.4. The van der Waals surface area contributed by atoms with Gasteiger partial charge in [0.05, 0.1) is 4.90 Å². The van der Waals surface area contributed by atoms with Crippen LogP contribution in [0.3, 0.4) is 0 Å². The second kappa shape index (κ2) is 8.41. The third-order valence-corrected chi connectivity index (χ3v) is 7.36. The second-order valence-corrected chi connectivity index (χ2v) is 9.57. The van der Waals surface area contributed by atoms with Gasteiger partial charge in [0, 0.05) is 32.2 Å². The molecule has 30 heavy (non-hydrogen) atoms. The quantitative estimate of drug-likeness (QED) is 0.756. The lowest BCUT2D eigenvalue weighted by Gasteiger charge is -2.38. The molecule has 2 fully saturated rings. The molecule has 2 aromatic rings. The average Bonchev–Trinajstić information content (AvgIpc) is 3.54. The summed E-state index contributed by atoms with van der Waals surface area (Å²) >= 11 is 0. The number of benzene rings is 2. The van der Waals surface area contributed by atoms with Crippen molar-refractivity contribution in [3.05, 3.63) is 65.7 Å². The van der Waals surface area contributed by atoms with E-state index in [4.69, 9.17) is 0 Å². The fourth-order valence-electron chi connectivity index (χ4n) is 3.64. The van der Waals surface area contributed by atoms with Gasteiger partial charge in [-0.05, 0) is 54.8 Å². The SMILES string of the molecule is O=C(NC1CC1)C(c1ccc(F)cc1)N1CCN(S(=O)(=O)c2ccc(F)cc2)CC1. The zero-order valence-corrected chi connectivity index (χ0v) is 17.1. The van der Waals surface area contributed by atoms with E-state index in [9.17, 15) is 22.0 Å². The number of hydrogen-bond donors (Lipinski definition) is 1. The lowest BCUT2D eigenvalue weighted by Crippen LogP contribution is -2.52. The van der Waals surface area contributed by atoms with Crippen LogP contribution >= 0.6 is 0 Å². The lowest BCUT2D eigenvalue weighted by molar-refractivity contribution is -0.127. The van der Waals surface area contributed by atoms with Crippen LogP contribution in [0.1, 0.15) is 24.4 Å². The summed E-state index contributed by atoms with van der Waals surface area (Å²) in [4.78, 5) is 14.9. The van der Waals surface area contributed by atoms with Crippen molar-refractivity contribution in [1.82, 2.24) is 14.5 Å². The van der Waals surface area contributed by atoms with Crippen molar-refractivity contribution in [2.45, 2.75) is 29.8 Å². The number of amides is 1. The van der Waals surface area contributed by atoms with Crippen molar-refractivity contribution in [1.29, 1.82) is 0 Å². The van der Waals surface area contributed by atoms with Gasteiger partial charge in [0.2, 0.25) is 15.9 Å². The van der Waals surface area contributed by atoms with Crippen LogP contribution in [-0.4, -0.2) is 55.8 Å². The monoisotopic (exact) mass is 435 g/mol. The van der Waals surface area contributed by atoms with Gasteiger partial charge >= 0.3 is 0 Å². The van der Waals surface area contributed by atoms with Crippen molar-refractivity contribution in [2.24, 2.45) is 0 Å². The molecule has 6 nitrogen and oxygen atoms in total. The van der Waals surface area contributed by atoms with E-state index in [0.717, 1.165) is 25.0 Å². The number of halogens is 2. The number of nitrogens with zero attached hydrogens (tertiary/aromatic N) is 2. The summed E-state index contributed by atoms with van der Waals surface area (Å²) in [6.45, 7) is 1.10. The second-order valence-electron chi connectivity index (χ2n) is 7.63. The molecule has 1 saturated heterocycles. The number of carbonyl (C=O) groups excluding carboxylic acids is 1. The van der Waals surface area contributed by atoms with Crippen LogP contribution in [-0.2, 0) is 14.8 Å². The van der Waals surface area contributed by atoms with E-state index < -0.39 is 21.9 Å². The first-order valence-electron chi connectivity index (χ1n) is 9.90. The number of sulfonamides is 1. The van der Waals surface area contributed by atoms with E-state index in [0.29, 0.717) is 18.7 Å². The number of piperazine rings is 1. The molecule has 1 aliphatic carbocycles. The Hall–Kier alpha value is -2.36. The Balaban J connectivity index is 1.50. The van der Waals surface area contributed by atoms with Crippen LogP contribution in [0.15, 0.2) is 53.4 Å². The maximum absolute atomic E-state index is 13.4. The number of hydrogen-bond acceptors (Lipinski definition) is 4. The van der Waals surface area contributed by atoms with Gasteiger partial charge in [0.15, 0.2) is 0 Å². The van der Waals surface area contributed by atoms with Crippen LogP contribution < -0.4 is 5.32 Å². The zero-order valence-electron chi connectivity index (χ0n) is 16.3. The Morgan fingerprint density at radius 2 is 1.43 bits per heavy atom. The summed E-state index contributed by atoms with van der Waals surface area (Å²) in [6.07, 6.45) is 1.90. The van der Waals surface area contributed by atoms with E-state index in [2.05, 4.69) is 5.32 Å². The van der Waals surface area contributed by atoms with E-state index in [-0.39, 0.29) is 35.8 Å². The highest BCUT2D eigenvalue weighted by atomic mass is 32.2. The fraction of sp³-hybridized carbons (Fsp3) is 0.381. The van der Waals surface area contributed by atoms with E-state index in [1.54, 1.807) is 12.1 Å². The van der Waals surface area contributed by atoms with Crippen molar-refractivity contribution in [3.8, 4) is 0 Å². The summed E-state index contributed by atoms with van der Waals surface area (Å²) < 4.78 is 53.5. The molecule has 0 aromatic heterocycles. The minimum Gasteiger partial charge on any atom is -0.352 e. The summed E-state index contributed by atoms with van der Waals surface area (Å²) in [7, 11) is -3.74. The topological polar surface area (TPSA) is 69.7 Å². The van der Waals surface area contributed by atoms with E-state index in [1.807, 2.05) is 4.90 Å². The van der Waals surface area contributed by atoms with E-state index >= 15 is 0 Å². The molecule has 1 saturated carbocycles. The Bertz CT molecular complexity index is 1000.